The summed E-state index contributed by atoms with van der Waals surface area (Å²) < 4.78 is 53.4. The van der Waals surface area contributed by atoms with Gasteiger partial charge in [0.05, 0.1) is 16.7 Å². The molecular weight excluding hydrogens is 713 g/mol. The van der Waals surface area contributed by atoms with Gasteiger partial charge in [-0.2, -0.15) is 13.2 Å². The van der Waals surface area contributed by atoms with Gasteiger partial charge in [0.25, 0.3) is 0 Å². The van der Waals surface area contributed by atoms with Gasteiger partial charge in [-0.1, -0.05) is 78.6 Å². The number of aryl methyl sites for hydroxylation is 2. The molecule has 0 saturated carbocycles. The average molecular weight is 752 g/mol. The molecule has 9 heteroatoms. The van der Waals surface area contributed by atoms with Gasteiger partial charge in [-0.15, -0.1) is 17.7 Å². The van der Waals surface area contributed by atoms with Crippen molar-refractivity contribution < 1.29 is 47.6 Å². The first kappa shape index (κ1) is 36.4. The van der Waals surface area contributed by atoms with Crippen LogP contribution in [0.3, 0.4) is 0 Å². The summed E-state index contributed by atoms with van der Waals surface area (Å²) >= 11 is 0. The maximum Gasteiger partial charge on any atom is 0.394 e. The second kappa shape index (κ2) is 15.0. The zero-order valence-corrected chi connectivity index (χ0v) is 27.2. The SMILES string of the molecule is CCC(CC)/C(O)=C/C(=O)C(C)C.Cc1[c-]c(-c2ncnc3cc(CC(C)(C)C(F)(F)F)ccc23)cc(C)c1F.[Ir]. The first-order valence-corrected chi connectivity index (χ1v) is 13.5. The Bertz CT molecular complexity index is 1340. The van der Waals surface area contributed by atoms with Gasteiger partial charge >= 0.3 is 6.18 Å². The van der Waals surface area contributed by atoms with Crippen LogP contribution in [0.4, 0.5) is 17.6 Å². The third kappa shape index (κ3) is 9.44. The van der Waals surface area contributed by atoms with E-state index in [-0.39, 0.29) is 55.7 Å². The predicted octanol–water partition coefficient (Wildman–Crippen LogP) is 9.07. The minimum Gasteiger partial charge on any atom is -0.512 e. The van der Waals surface area contributed by atoms with E-state index < -0.39 is 11.6 Å². The van der Waals surface area contributed by atoms with Crippen LogP contribution in [0.2, 0.25) is 0 Å². The Morgan fingerprint density at radius 1 is 1.07 bits per heavy atom. The number of rotatable bonds is 8. The number of fused-ring (bicyclic) bond motifs is 1. The molecule has 1 N–H and O–H groups in total. The van der Waals surface area contributed by atoms with Crippen molar-refractivity contribution in [1.29, 1.82) is 0 Å². The Kier molecular flexibility index (Phi) is 13.3. The maximum atomic E-state index is 13.9. The number of hydrogen-bond donors (Lipinski definition) is 1. The molecule has 1 aromatic heterocycles. The molecule has 0 aliphatic carbocycles. The van der Waals surface area contributed by atoms with Gasteiger partial charge in [0.1, 0.15) is 6.33 Å². The van der Waals surface area contributed by atoms with E-state index in [1.54, 1.807) is 38.1 Å². The van der Waals surface area contributed by atoms with Crippen LogP contribution in [0.15, 0.2) is 42.4 Å². The van der Waals surface area contributed by atoms with Gasteiger partial charge in [-0.05, 0) is 42.0 Å². The van der Waals surface area contributed by atoms with Crippen molar-refractivity contribution in [3.63, 3.8) is 0 Å². The van der Waals surface area contributed by atoms with Crippen LogP contribution in [0.1, 0.15) is 71.1 Å². The summed E-state index contributed by atoms with van der Waals surface area (Å²) in [5, 5.41) is 10.3. The van der Waals surface area contributed by atoms with Crippen LogP contribution >= 0.6 is 0 Å². The Morgan fingerprint density at radius 3 is 2.20 bits per heavy atom. The van der Waals surface area contributed by atoms with Crippen molar-refractivity contribution in [3.8, 4) is 11.3 Å². The quantitative estimate of drug-likeness (QED) is 0.108. The summed E-state index contributed by atoms with van der Waals surface area (Å²) in [6.07, 6.45) is 0.0541. The monoisotopic (exact) mass is 752 g/mol. The van der Waals surface area contributed by atoms with E-state index in [4.69, 9.17) is 0 Å². The fourth-order valence-electron chi connectivity index (χ4n) is 4.17. The minimum absolute atomic E-state index is 0. The summed E-state index contributed by atoms with van der Waals surface area (Å²) in [5.41, 5.74) is 1.33. The number of ketones is 1. The number of aliphatic hydroxyl groups is 1. The third-order valence-electron chi connectivity index (χ3n) is 6.99. The van der Waals surface area contributed by atoms with Crippen molar-refractivity contribution in [2.75, 3.05) is 0 Å². The molecule has 0 fully saturated rings. The van der Waals surface area contributed by atoms with Crippen molar-refractivity contribution in [2.45, 2.75) is 80.8 Å². The van der Waals surface area contributed by atoms with Gasteiger partial charge in [-0.3, -0.25) is 14.2 Å². The van der Waals surface area contributed by atoms with Crippen LogP contribution in [-0.4, -0.2) is 27.0 Å². The molecule has 0 aliphatic heterocycles. The number of hydrogen-bond acceptors (Lipinski definition) is 4. The van der Waals surface area contributed by atoms with E-state index in [2.05, 4.69) is 16.0 Å². The number of benzene rings is 2. The molecule has 3 rings (SSSR count). The van der Waals surface area contributed by atoms with Crippen molar-refractivity contribution in [2.24, 2.45) is 17.3 Å². The zero-order valence-electron chi connectivity index (χ0n) is 24.8. The maximum absolute atomic E-state index is 13.9. The average Bonchev–Trinajstić information content (AvgIpc) is 2.86. The van der Waals surface area contributed by atoms with E-state index >= 15 is 0 Å². The van der Waals surface area contributed by atoms with Gasteiger partial charge in [0.15, 0.2) is 5.78 Å². The van der Waals surface area contributed by atoms with Crippen LogP contribution in [0.5, 0.6) is 0 Å². The fourth-order valence-corrected chi connectivity index (χ4v) is 4.17. The molecule has 4 nitrogen and oxygen atoms in total. The molecule has 41 heavy (non-hydrogen) atoms. The molecule has 3 aromatic rings. The second-order valence-corrected chi connectivity index (χ2v) is 11.1. The van der Waals surface area contributed by atoms with E-state index in [9.17, 15) is 27.5 Å². The normalized spacial score (nSPS) is 12.3. The molecule has 227 valence electrons. The molecular formula is C32H39F4IrN2O2-. The molecule has 0 unspecified atom stereocenters. The molecule has 0 saturated heterocycles. The van der Waals surface area contributed by atoms with Crippen LogP contribution in [0, 0.1) is 43.0 Å². The molecule has 1 heterocycles. The number of aromatic nitrogens is 2. The molecule has 0 amide bonds. The van der Waals surface area contributed by atoms with Gasteiger partial charge in [0.2, 0.25) is 0 Å². The number of nitrogens with zero attached hydrogens (tertiary/aromatic N) is 2. The Morgan fingerprint density at radius 2 is 1.68 bits per heavy atom. The summed E-state index contributed by atoms with van der Waals surface area (Å²) in [4.78, 5) is 19.7. The number of carbonyl (C=O) groups excluding carboxylic acids is 1. The molecule has 1 radical (unpaired) electrons. The largest absolute Gasteiger partial charge is 0.512 e. The minimum atomic E-state index is -4.29. The number of allylic oxidation sites excluding steroid dienone is 2. The third-order valence-corrected chi connectivity index (χ3v) is 6.99. The summed E-state index contributed by atoms with van der Waals surface area (Å²) in [6.45, 7) is 13.4. The van der Waals surface area contributed by atoms with E-state index in [0.717, 1.165) is 12.8 Å². The zero-order chi connectivity index (χ0) is 30.4. The molecule has 0 spiro atoms. The van der Waals surface area contributed by atoms with Gasteiger partial charge in [-0.25, -0.2) is 4.98 Å². The Balaban J connectivity index is 0.000000512. The topological polar surface area (TPSA) is 63.1 Å². The van der Waals surface area contributed by atoms with Crippen molar-refractivity contribution >= 4 is 16.7 Å². The smallest absolute Gasteiger partial charge is 0.394 e. The van der Waals surface area contributed by atoms with Gasteiger partial charge in [0, 0.05) is 43.8 Å². The first-order valence-electron chi connectivity index (χ1n) is 13.5. The number of halogens is 4. The first-order chi connectivity index (χ1) is 18.5. The fraction of sp³-hybridized carbons (Fsp3) is 0.469. The molecule has 0 bridgehead atoms. The van der Waals surface area contributed by atoms with Crippen molar-refractivity contribution in [3.05, 3.63) is 71.0 Å². The van der Waals surface area contributed by atoms with Crippen molar-refractivity contribution in [1.82, 2.24) is 9.97 Å². The number of aliphatic hydroxyl groups excluding tert-OH is 1. The van der Waals surface area contributed by atoms with Crippen LogP contribution in [-0.2, 0) is 31.3 Å². The van der Waals surface area contributed by atoms with E-state index in [1.807, 2.05) is 27.7 Å². The van der Waals surface area contributed by atoms with Crippen LogP contribution < -0.4 is 0 Å². The molecule has 0 aliphatic rings. The number of carbonyl (C=O) groups is 1. The summed E-state index contributed by atoms with van der Waals surface area (Å²) in [5.74, 6) is 0.0427. The Labute approximate surface area is 254 Å². The molecule has 0 atom stereocenters. The summed E-state index contributed by atoms with van der Waals surface area (Å²) in [6, 6.07) is 9.67. The van der Waals surface area contributed by atoms with E-state index in [1.165, 1.54) is 26.3 Å². The number of alkyl halides is 3. The second-order valence-electron chi connectivity index (χ2n) is 11.1. The van der Waals surface area contributed by atoms with Crippen LogP contribution in [0.25, 0.3) is 22.2 Å². The van der Waals surface area contributed by atoms with E-state index in [0.29, 0.717) is 38.9 Å². The predicted molar refractivity (Wildman–Crippen MR) is 151 cm³/mol. The Hall–Kier alpha value is -2.64. The standard InChI is InChI=1S/C21H19F4N2.C11H20O2.Ir/c1-12-7-15(8-13(2)18(12)22)19-16-6-5-14(9-17(16)26-11-27-19)10-20(3,4)21(23,24)25;1-5-9(6-2)11(13)7-10(12)8(3)4;/h5-7,9,11H,10H2,1-4H3;7-9,13H,5-6H2,1-4H3;/q-1;;/b;11-7-;. The van der Waals surface area contributed by atoms with Gasteiger partial charge < -0.3 is 5.11 Å². The molecule has 2 aromatic carbocycles. The summed E-state index contributed by atoms with van der Waals surface area (Å²) in [7, 11) is 0.